The van der Waals surface area contributed by atoms with E-state index in [-0.39, 0.29) is 5.82 Å². The Morgan fingerprint density at radius 1 is 1.28 bits per heavy atom. The fourth-order valence-corrected chi connectivity index (χ4v) is 3.63. The van der Waals surface area contributed by atoms with Gasteiger partial charge in [0.2, 0.25) is 0 Å². The van der Waals surface area contributed by atoms with Crippen molar-refractivity contribution < 1.29 is 9.50 Å². The fourth-order valence-electron chi connectivity index (χ4n) is 1.97. The smallest absolute Gasteiger partial charge is 0.123 e. The number of aliphatic hydroxyl groups is 1. The third-order valence-corrected chi connectivity index (χ3v) is 4.28. The van der Waals surface area contributed by atoms with Gasteiger partial charge in [-0.3, -0.25) is 0 Å². The van der Waals surface area contributed by atoms with Gasteiger partial charge in [0.05, 0.1) is 9.39 Å². The second-order valence-electron chi connectivity index (χ2n) is 4.69. The zero-order chi connectivity index (χ0) is 13.2. The minimum Gasteiger partial charge on any atom is -0.389 e. The van der Waals surface area contributed by atoms with Crippen LogP contribution in [-0.4, -0.2) is 10.7 Å². The number of halogens is 2. The van der Waals surface area contributed by atoms with Crippen LogP contribution in [0.3, 0.4) is 0 Å². The summed E-state index contributed by atoms with van der Waals surface area (Å²) in [4.78, 5) is 1.11. The van der Waals surface area contributed by atoms with Crippen LogP contribution in [0.25, 0.3) is 0 Å². The number of hydrogen-bond donors (Lipinski definition) is 1. The Morgan fingerprint density at radius 3 is 2.67 bits per heavy atom. The van der Waals surface area contributed by atoms with E-state index in [1.807, 2.05) is 18.2 Å². The maximum absolute atomic E-state index is 13.1. The van der Waals surface area contributed by atoms with Crippen LogP contribution in [-0.2, 0) is 12.8 Å². The van der Waals surface area contributed by atoms with E-state index in [2.05, 4.69) is 15.9 Å². The van der Waals surface area contributed by atoms with Gasteiger partial charge in [-0.25, -0.2) is 4.39 Å². The van der Waals surface area contributed by atoms with Gasteiger partial charge in [0.1, 0.15) is 5.82 Å². The topological polar surface area (TPSA) is 20.2 Å². The Balaban J connectivity index is 2.07. The molecule has 2 rings (SSSR count). The number of thiophene rings is 1. The molecular formula is C14H14BrFOS. The molecule has 0 radical (unpaired) electrons. The predicted octanol–water partition coefficient (Wildman–Crippen LogP) is 4.19. The lowest BCUT2D eigenvalue weighted by atomic mass is 9.92. The quantitative estimate of drug-likeness (QED) is 0.892. The lowest BCUT2D eigenvalue weighted by Crippen LogP contribution is -2.29. The van der Waals surface area contributed by atoms with Gasteiger partial charge in [-0.1, -0.05) is 12.1 Å². The van der Waals surface area contributed by atoms with Crippen LogP contribution in [0.5, 0.6) is 0 Å². The van der Waals surface area contributed by atoms with Crippen molar-refractivity contribution in [2.45, 2.75) is 25.4 Å². The molecule has 18 heavy (non-hydrogen) atoms. The normalized spacial score (nSPS) is 14.4. The van der Waals surface area contributed by atoms with Gasteiger partial charge in [0, 0.05) is 17.7 Å². The maximum Gasteiger partial charge on any atom is 0.123 e. The Bertz CT molecular complexity index is 536. The zero-order valence-electron chi connectivity index (χ0n) is 9.99. The van der Waals surface area contributed by atoms with Gasteiger partial charge < -0.3 is 5.11 Å². The minimum atomic E-state index is -0.863. The molecule has 1 aromatic carbocycles. The summed E-state index contributed by atoms with van der Waals surface area (Å²) in [7, 11) is 0. The van der Waals surface area contributed by atoms with E-state index in [1.165, 1.54) is 12.1 Å². The minimum absolute atomic E-state index is 0.262. The van der Waals surface area contributed by atoms with E-state index < -0.39 is 5.60 Å². The van der Waals surface area contributed by atoms with Crippen molar-refractivity contribution in [3.05, 3.63) is 56.4 Å². The highest BCUT2D eigenvalue weighted by atomic mass is 79.9. The third kappa shape index (κ3) is 3.90. The van der Waals surface area contributed by atoms with Crippen LogP contribution in [0, 0.1) is 5.82 Å². The summed E-state index contributed by atoms with van der Waals surface area (Å²) in [6.07, 6.45) is 1.01. The molecule has 0 saturated carbocycles. The number of hydrogen-bond acceptors (Lipinski definition) is 2. The van der Waals surface area contributed by atoms with Gasteiger partial charge in [0.15, 0.2) is 0 Å². The molecule has 1 N–H and O–H groups in total. The largest absolute Gasteiger partial charge is 0.389 e. The standard InChI is InChI=1S/C14H14BrFOS/c1-14(17,9-12-5-6-13(15)18-12)8-10-3-2-4-11(16)7-10/h2-7,17H,8-9H2,1H3. The first kappa shape index (κ1) is 13.7. The van der Waals surface area contributed by atoms with Gasteiger partial charge in [-0.2, -0.15) is 0 Å². The van der Waals surface area contributed by atoms with Crippen molar-refractivity contribution in [3.63, 3.8) is 0 Å². The van der Waals surface area contributed by atoms with Gasteiger partial charge in [-0.05, 0) is 52.7 Å². The first-order valence-electron chi connectivity index (χ1n) is 5.66. The summed E-state index contributed by atoms with van der Waals surface area (Å²) < 4.78 is 14.1. The Kier molecular flexibility index (Phi) is 4.20. The molecule has 4 heteroatoms. The van der Waals surface area contributed by atoms with Crippen LogP contribution in [0.15, 0.2) is 40.2 Å². The molecule has 1 unspecified atom stereocenters. The zero-order valence-corrected chi connectivity index (χ0v) is 12.4. The number of rotatable bonds is 4. The second-order valence-corrected chi connectivity index (χ2v) is 7.23. The van der Waals surface area contributed by atoms with Crippen molar-refractivity contribution in [1.29, 1.82) is 0 Å². The SMILES string of the molecule is CC(O)(Cc1cccc(F)c1)Cc1ccc(Br)s1. The van der Waals surface area contributed by atoms with Crippen LogP contribution in [0.4, 0.5) is 4.39 Å². The number of benzene rings is 1. The van der Waals surface area contributed by atoms with E-state index in [0.29, 0.717) is 12.8 Å². The summed E-state index contributed by atoms with van der Waals surface area (Å²) >= 11 is 5.01. The molecule has 1 nitrogen and oxygen atoms in total. The van der Waals surface area contributed by atoms with Crippen LogP contribution < -0.4 is 0 Å². The molecule has 0 bridgehead atoms. The van der Waals surface area contributed by atoms with Crippen molar-refractivity contribution in [2.24, 2.45) is 0 Å². The Morgan fingerprint density at radius 2 is 2.06 bits per heavy atom. The monoisotopic (exact) mass is 328 g/mol. The summed E-state index contributed by atoms with van der Waals surface area (Å²) in [5, 5.41) is 10.4. The summed E-state index contributed by atoms with van der Waals surface area (Å²) in [5.41, 5.74) is -0.0476. The molecule has 1 heterocycles. The van der Waals surface area contributed by atoms with Crippen molar-refractivity contribution in [1.82, 2.24) is 0 Å². The third-order valence-electron chi connectivity index (χ3n) is 2.66. The second kappa shape index (κ2) is 5.51. The van der Waals surface area contributed by atoms with Gasteiger partial charge in [-0.15, -0.1) is 11.3 Å². The average molecular weight is 329 g/mol. The van der Waals surface area contributed by atoms with Crippen molar-refractivity contribution >= 4 is 27.3 Å². The van der Waals surface area contributed by atoms with Crippen LogP contribution >= 0.6 is 27.3 Å². The van der Waals surface area contributed by atoms with Crippen molar-refractivity contribution in [3.8, 4) is 0 Å². The lowest BCUT2D eigenvalue weighted by Gasteiger charge is -2.22. The average Bonchev–Trinajstić information content (AvgIpc) is 2.62. The summed E-state index contributed by atoms with van der Waals surface area (Å²) in [6, 6.07) is 10.4. The lowest BCUT2D eigenvalue weighted by molar-refractivity contribution is 0.0616. The van der Waals surface area contributed by atoms with E-state index in [0.717, 1.165) is 14.2 Å². The maximum atomic E-state index is 13.1. The highest BCUT2D eigenvalue weighted by Crippen LogP contribution is 2.27. The van der Waals surface area contributed by atoms with Crippen LogP contribution in [0.2, 0.25) is 0 Å². The molecule has 0 aliphatic heterocycles. The Labute approximate surface area is 118 Å². The molecule has 1 atom stereocenters. The molecule has 0 aliphatic rings. The predicted molar refractivity (Wildman–Crippen MR) is 76.5 cm³/mol. The molecule has 1 aromatic heterocycles. The summed E-state index contributed by atoms with van der Waals surface area (Å²) in [5.74, 6) is -0.262. The van der Waals surface area contributed by atoms with E-state index in [9.17, 15) is 9.50 Å². The summed E-state index contributed by atoms with van der Waals surface area (Å²) in [6.45, 7) is 1.78. The van der Waals surface area contributed by atoms with Crippen molar-refractivity contribution in [2.75, 3.05) is 0 Å². The Hall–Kier alpha value is -0.710. The molecule has 0 aliphatic carbocycles. The van der Waals surface area contributed by atoms with Crippen LogP contribution in [0.1, 0.15) is 17.4 Å². The molecule has 0 fully saturated rings. The molecule has 0 saturated heterocycles. The molecule has 0 spiro atoms. The molecule has 2 aromatic rings. The fraction of sp³-hybridized carbons (Fsp3) is 0.286. The van der Waals surface area contributed by atoms with Gasteiger partial charge in [0.25, 0.3) is 0 Å². The van der Waals surface area contributed by atoms with E-state index in [4.69, 9.17) is 0 Å². The first-order valence-corrected chi connectivity index (χ1v) is 7.27. The van der Waals surface area contributed by atoms with Gasteiger partial charge >= 0.3 is 0 Å². The first-order chi connectivity index (χ1) is 8.44. The van der Waals surface area contributed by atoms with E-state index >= 15 is 0 Å². The molecule has 0 amide bonds. The highest BCUT2D eigenvalue weighted by Gasteiger charge is 2.22. The molecular weight excluding hydrogens is 315 g/mol. The van der Waals surface area contributed by atoms with E-state index in [1.54, 1.807) is 24.3 Å². The molecule has 96 valence electrons. The highest BCUT2D eigenvalue weighted by molar-refractivity contribution is 9.11.